The van der Waals surface area contributed by atoms with Crippen molar-refractivity contribution >= 4 is 28.3 Å². The van der Waals surface area contributed by atoms with Crippen LogP contribution in [0.5, 0.6) is 0 Å². The van der Waals surface area contributed by atoms with E-state index in [2.05, 4.69) is 15.6 Å². The summed E-state index contributed by atoms with van der Waals surface area (Å²) in [5.74, 6) is 0.772. The van der Waals surface area contributed by atoms with E-state index < -0.39 is 6.03 Å². The first-order chi connectivity index (χ1) is 12.0. The van der Waals surface area contributed by atoms with E-state index in [0.29, 0.717) is 34.7 Å². The number of carbonyl (C=O) groups is 1. The second kappa shape index (κ2) is 7.17. The number of fused-ring (bicyclic) bond motifs is 1. The summed E-state index contributed by atoms with van der Waals surface area (Å²) in [5.41, 5.74) is 0.532. The molecule has 0 spiro atoms. The highest BCUT2D eigenvalue weighted by Crippen LogP contribution is 2.21. The molecule has 2 amide bonds. The molecule has 0 saturated carbocycles. The number of urea groups is 1. The fraction of sp³-hybridized carbons (Fsp3) is 0.211. The molecule has 3 aromatic rings. The van der Waals surface area contributed by atoms with Crippen molar-refractivity contribution in [3.8, 4) is 0 Å². The predicted octanol–water partition coefficient (Wildman–Crippen LogP) is 3.70. The lowest BCUT2D eigenvalue weighted by molar-refractivity contribution is 0.262. The van der Waals surface area contributed by atoms with Gasteiger partial charge in [-0.2, -0.15) is 0 Å². The van der Waals surface area contributed by atoms with Gasteiger partial charge >= 0.3 is 6.03 Å². The summed E-state index contributed by atoms with van der Waals surface area (Å²) >= 11 is 0. The van der Waals surface area contributed by atoms with E-state index in [1.54, 1.807) is 41.2 Å². The summed E-state index contributed by atoms with van der Waals surface area (Å²) in [6.45, 7) is 4.67. The molecule has 2 heterocycles. The summed E-state index contributed by atoms with van der Waals surface area (Å²) in [4.78, 5) is 29.0. The molecular formula is C19H20N4O2. The van der Waals surface area contributed by atoms with E-state index in [4.69, 9.17) is 0 Å². The topological polar surface area (TPSA) is 76.0 Å². The smallest absolute Gasteiger partial charge is 0.313 e. The Hall–Kier alpha value is -3.15. The molecule has 0 bridgehead atoms. The fourth-order valence-electron chi connectivity index (χ4n) is 2.68. The first-order valence-electron chi connectivity index (χ1n) is 8.16. The third-order valence-electron chi connectivity index (χ3n) is 3.71. The fourth-order valence-corrected chi connectivity index (χ4v) is 2.68. The van der Waals surface area contributed by atoms with Gasteiger partial charge in [-0.05, 0) is 24.1 Å². The lowest BCUT2D eigenvalue weighted by Gasteiger charge is -2.15. The number of nitrogens with one attached hydrogen (secondary N) is 2. The number of anilines is 2. The van der Waals surface area contributed by atoms with Gasteiger partial charge in [0.25, 0.3) is 5.56 Å². The van der Waals surface area contributed by atoms with E-state index in [9.17, 15) is 9.59 Å². The van der Waals surface area contributed by atoms with E-state index in [1.165, 1.54) is 0 Å². The number of aromatic nitrogens is 2. The van der Waals surface area contributed by atoms with Gasteiger partial charge in [0, 0.05) is 29.7 Å². The Balaban J connectivity index is 1.95. The van der Waals surface area contributed by atoms with Crippen molar-refractivity contribution < 1.29 is 4.79 Å². The van der Waals surface area contributed by atoms with Gasteiger partial charge in [0.2, 0.25) is 0 Å². The van der Waals surface area contributed by atoms with E-state index in [0.717, 1.165) is 0 Å². The van der Waals surface area contributed by atoms with Gasteiger partial charge in [0.15, 0.2) is 0 Å². The van der Waals surface area contributed by atoms with Gasteiger partial charge in [-0.3, -0.25) is 10.1 Å². The standard InChI is InChI=1S/C19H20N4O2/c1-13(2)11-23-12-16(14-7-3-4-8-15(14)18(23)24)21-19(25)22-17-9-5-6-10-20-17/h3-10,12-13H,11H2,1-2H3,(H2,20,21,22,25). The molecule has 1 aromatic carbocycles. The zero-order chi connectivity index (χ0) is 17.8. The lowest BCUT2D eigenvalue weighted by Crippen LogP contribution is -2.25. The Morgan fingerprint density at radius 1 is 1.08 bits per heavy atom. The molecule has 0 unspecified atom stereocenters. The third kappa shape index (κ3) is 3.85. The van der Waals surface area contributed by atoms with Gasteiger partial charge in [-0.1, -0.05) is 38.1 Å². The van der Waals surface area contributed by atoms with Gasteiger partial charge in [-0.25, -0.2) is 9.78 Å². The number of hydrogen-bond donors (Lipinski definition) is 2. The molecule has 0 saturated heterocycles. The first-order valence-corrected chi connectivity index (χ1v) is 8.16. The van der Waals surface area contributed by atoms with Gasteiger partial charge in [0.05, 0.1) is 5.69 Å². The van der Waals surface area contributed by atoms with Crippen LogP contribution in [0.4, 0.5) is 16.3 Å². The number of pyridine rings is 2. The molecule has 2 N–H and O–H groups in total. The number of hydrogen-bond acceptors (Lipinski definition) is 3. The molecule has 0 radical (unpaired) electrons. The second-order valence-electron chi connectivity index (χ2n) is 6.23. The Kier molecular flexibility index (Phi) is 4.79. The Morgan fingerprint density at radius 2 is 1.80 bits per heavy atom. The molecule has 6 nitrogen and oxygen atoms in total. The van der Waals surface area contributed by atoms with Crippen molar-refractivity contribution in [3.05, 3.63) is 65.2 Å². The Morgan fingerprint density at radius 3 is 2.48 bits per heavy atom. The first kappa shape index (κ1) is 16.7. The maximum atomic E-state index is 12.6. The summed E-state index contributed by atoms with van der Waals surface area (Å²) in [6, 6.07) is 12.1. The lowest BCUT2D eigenvalue weighted by atomic mass is 10.1. The van der Waals surface area contributed by atoms with Crippen molar-refractivity contribution in [3.63, 3.8) is 0 Å². The van der Waals surface area contributed by atoms with Crippen LogP contribution in [0.3, 0.4) is 0 Å². The Labute approximate surface area is 145 Å². The average Bonchev–Trinajstić information content (AvgIpc) is 2.59. The molecule has 0 fully saturated rings. The Bertz CT molecular complexity index is 949. The summed E-state index contributed by atoms with van der Waals surface area (Å²) < 4.78 is 1.64. The van der Waals surface area contributed by atoms with Crippen LogP contribution in [0.2, 0.25) is 0 Å². The number of amides is 2. The molecule has 2 aromatic heterocycles. The zero-order valence-corrected chi connectivity index (χ0v) is 14.2. The number of carbonyl (C=O) groups excluding carboxylic acids is 1. The highest BCUT2D eigenvalue weighted by molar-refractivity contribution is 6.05. The van der Waals surface area contributed by atoms with Crippen LogP contribution in [-0.2, 0) is 6.54 Å². The largest absolute Gasteiger partial charge is 0.324 e. The van der Waals surface area contributed by atoms with Crippen LogP contribution in [0.1, 0.15) is 13.8 Å². The van der Waals surface area contributed by atoms with E-state index in [1.807, 2.05) is 32.0 Å². The SMILES string of the molecule is CC(C)Cn1cc(NC(=O)Nc2ccccn2)c2ccccc2c1=O. The average molecular weight is 336 g/mol. The van der Waals surface area contributed by atoms with Crippen LogP contribution in [0.15, 0.2) is 59.7 Å². The van der Waals surface area contributed by atoms with Crippen molar-refractivity contribution in [2.45, 2.75) is 20.4 Å². The maximum Gasteiger partial charge on any atom is 0.324 e. The molecule has 0 atom stereocenters. The summed E-state index contributed by atoms with van der Waals surface area (Å²) in [5, 5.41) is 6.80. The minimum absolute atomic E-state index is 0.0556. The molecular weight excluding hydrogens is 316 g/mol. The van der Waals surface area contributed by atoms with Gasteiger partial charge in [0.1, 0.15) is 5.82 Å². The van der Waals surface area contributed by atoms with Crippen LogP contribution >= 0.6 is 0 Å². The minimum atomic E-state index is -0.404. The molecule has 25 heavy (non-hydrogen) atoms. The summed E-state index contributed by atoms with van der Waals surface area (Å²) in [7, 11) is 0. The molecule has 3 rings (SSSR count). The predicted molar refractivity (Wildman–Crippen MR) is 99.9 cm³/mol. The van der Waals surface area contributed by atoms with Crippen molar-refractivity contribution in [2.24, 2.45) is 5.92 Å². The highest BCUT2D eigenvalue weighted by Gasteiger charge is 2.12. The van der Waals surface area contributed by atoms with Gasteiger partial charge < -0.3 is 9.88 Å². The van der Waals surface area contributed by atoms with Crippen LogP contribution in [0.25, 0.3) is 10.8 Å². The zero-order valence-electron chi connectivity index (χ0n) is 14.2. The molecule has 0 aliphatic carbocycles. The third-order valence-corrected chi connectivity index (χ3v) is 3.71. The maximum absolute atomic E-state index is 12.6. The molecule has 0 aliphatic rings. The molecule has 6 heteroatoms. The van der Waals surface area contributed by atoms with Crippen molar-refractivity contribution in [1.29, 1.82) is 0 Å². The van der Waals surface area contributed by atoms with E-state index >= 15 is 0 Å². The number of benzene rings is 1. The van der Waals surface area contributed by atoms with Gasteiger partial charge in [-0.15, -0.1) is 0 Å². The highest BCUT2D eigenvalue weighted by atomic mass is 16.2. The van der Waals surface area contributed by atoms with Crippen LogP contribution in [-0.4, -0.2) is 15.6 Å². The van der Waals surface area contributed by atoms with Crippen LogP contribution in [0, 0.1) is 5.92 Å². The van der Waals surface area contributed by atoms with E-state index in [-0.39, 0.29) is 5.56 Å². The minimum Gasteiger partial charge on any atom is -0.313 e. The molecule has 128 valence electrons. The normalized spacial score (nSPS) is 10.8. The molecule has 0 aliphatic heterocycles. The number of nitrogens with zero attached hydrogens (tertiary/aromatic N) is 2. The quantitative estimate of drug-likeness (QED) is 0.763. The number of rotatable bonds is 4. The second-order valence-corrected chi connectivity index (χ2v) is 6.23. The van der Waals surface area contributed by atoms with Crippen molar-refractivity contribution in [1.82, 2.24) is 9.55 Å². The van der Waals surface area contributed by atoms with Crippen molar-refractivity contribution in [2.75, 3.05) is 10.6 Å². The summed E-state index contributed by atoms with van der Waals surface area (Å²) in [6.07, 6.45) is 3.30. The monoisotopic (exact) mass is 336 g/mol. The van der Waals surface area contributed by atoms with Crippen LogP contribution < -0.4 is 16.2 Å².